The molecule has 0 heterocycles. The molecule has 0 saturated carbocycles. The van der Waals surface area contributed by atoms with Crippen LogP contribution in [-0.4, -0.2) is 27.5 Å². The van der Waals surface area contributed by atoms with Crippen LogP contribution in [0.15, 0.2) is 59.5 Å². The molecule has 2 N–H and O–H groups in total. The predicted molar refractivity (Wildman–Crippen MR) is 88.5 cm³/mol. The highest BCUT2D eigenvalue weighted by atomic mass is 32.2. The first-order chi connectivity index (χ1) is 10.9. The van der Waals surface area contributed by atoms with Gasteiger partial charge in [-0.2, -0.15) is 0 Å². The first-order valence-electron chi connectivity index (χ1n) is 7.04. The van der Waals surface area contributed by atoms with Crippen molar-refractivity contribution in [2.24, 2.45) is 0 Å². The number of nitrogens with two attached hydrogens (primary N) is 1. The van der Waals surface area contributed by atoms with Gasteiger partial charge < -0.3 is 10.5 Å². The lowest BCUT2D eigenvalue weighted by molar-refractivity contribution is -0.141. The number of benzene rings is 2. The molecular formula is C16H18N2O4S. The summed E-state index contributed by atoms with van der Waals surface area (Å²) in [5.41, 5.74) is 6.48. The molecule has 2 aromatic carbocycles. The third-order valence-corrected chi connectivity index (χ3v) is 4.88. The molecule has 0 unspecified atom stereocenters. The van der Waals surface area contributed by atoms with E-state index >= 15 is 0 Å². The maximum absolute atomic E-state index is 12.8. The molecule has 0 atom stereocenters. The highest BCUT2D eigenvalue weighted by molar-refractivity contribution is 7.92. The van der Waals surface area contributed by atoms with E-state index in [0.29, 0.717) is 11.4 Å². The smallest absolute Gasteiger partial charge is 0.326 e. The second kappa shape index (κ2) is 7.15. The van der Waals surface area contributed by atoms with Crippen molar-refractivity contribution in [2.75, 3.05) is 23.2 Å². The Balaban J connectivity index is 2.44. The fourth-order valence-electron chi connectivity index (χ4n) is 2.00. The molecule has 0 spiro atoms. The second-order valence-electron chi connectivity index (χ2n) is 4.72. The summed E-state index contributed by atoms with van der Waals surface area (Å²) in [6, 6.07) is 14.2. The van der Waals surface area contributed by atoms with E-state index in [9.17, 15) is 13.2 Å². The Morgan fingerprint density at radius 1 is 1.09 bits per heavy atom. The van der Waals surface area contributed by atoms with Gasteiger partial charge in [0.15, 0.2) is 0 Å². The van der Waals surface area contributed by atoms with Crippen LogP contribution < -0.4 is 10.0 Å². The molecule has 0 saturated heterocycles. The average molecular weight is 334 g/mol. The lowest BCUT2D eigenvalue weighted by Crippen LogP contribution is -2.36. The third kappa shape index (κ3) is 4.01. The molecule has 6 nitrogen and oxygen atoms in total. The number of carbonyl (C=O) groups is 1. The van der Waals surface area contributed by atoms with Crippen molar-refractivity contribution in [2.45, 2.75) is 11.8 Å². The molecule has 122 valence electrons. The molecule has 7 heteroatoms. The lowest BCUT2D eigenvalue weighted by Gasteiger charge is -2.23. The zero-order chi connectivity index (χ0) is 16.9. The zero-order valence-electron chi connectivity index (χ0n) is 12.7. The van der Waals surface area contributed by atoms with Crippen molar-refractivity contribution >= 4 is 27.4 Å². The largest absolute Gasteiger partial charge is 0.465 e. The summed E-state index contributed by atoms with van der Waals surface area (Å²) in [4.78, 5) is 11.9. The summed E-state index contributed by atoms with van der Waals surface area (Å²) >= 11 is 0. The summed E-state index contributed by atoms with van der Waals surface area (Å²) < 4.78 is 31.6. The quantitative estimate of drug-likeness (QED) is 0.645. The van der Waals surface area contributed by atoms with E-state index in [1.807, 2.05) is 0 Å². The van der Waals surface area contributed by atoms with Crippen molar-refractivity contribution in [1.29, 1.82) is 0 Å². The van der Waals surface area contributed by atoms with Gasteiger partial charge >= 0.3 is 5.97 Å². The van der Waals surface area contributed by atoms with Crippen molar-refractivity contribution in [3.63, 3.8) is 0 Å². The minimum absolute atomic E-state index is 0.0983. The van der Waals surface area contributed by atoms with Gasteiger partial charge in [0, 0.05) is 5.69 Å². The van der Waals surface area contributed by atoms with E-state index in [4.69, 9.17) is 10.5 Å². The maximum atomic E-state index is 12.8. The van der Waals surface area contributed by atoms with Crippen LogP contribution in [0, 0.1) is 0 Å². The molecule has 0 aliphatic rings. The third-order valence-electron chi connectivity index (χ3n) is 3.09. The summed E-state index contributed by atoms with van der Waals surface area (Å²) in [7, 11) is -3.89. The van der Waals surface area contributed by atoms with Crippen LogP contribution in [0.1, 0.15) is 6.92 Å². The van der Waals surface area contributed by atoms with Crippen molar-refractivity contribution in [3.8, 4) is 0 Å². The first-order valence-corrected chi connectivity index (χ1v) is 8.48. The Kier molecular flexibility index (Phi) is 5.23. The zero-order valence-corrected chi connectivity index (χ0v) is 13.5. The van der Waals surface area contributed by atoms with E-state index in [1.54, 1.807) is 49.4 Å². The molecule has 23 heavy (non-hydrogen) atoms. The molecule has 0 aliphatic carbocycles. The number of nitrogen functional groups attached to an aromatic ring is 1. The SMILES string of the molecule is CCOC(=O)CN(c1ccc(N)cc1)S(=O)(=O)c1ccccc1. The molecule has 0 aromatic heterocycles. The van der Waals surface area contributed by atoms with Gasteiger partial charge in [-0.15, -0.1) is 0 Å². The first kappa shape index (κ1) is 16.8. The summed E-state index contributed by atoms with van der Waals surface area (Å²) in [6.45, 7) is 1.44. The van der Waals surface area contributed by atoms with Gasteiger partial charge in [0.1, 0.15) is 6.54 Å². The minimum atomic E-state index is -3.89. The van der Waals surface area contributed by atoms with Crippen LogP contribution in [0.25, 0.3) is 0 Å². The molecule has 2 rings (SSSR count). The van der Waals surface area contributed by atoms with E-state index < -0.39 is 22.5 Å². The van der Waals surface area contributed by atoms with Gasteiger partial charge in [-0.1, -0.05) is 18.2 Å². The Morgan fingerprint density at radius 2 is 1.70 bits per heavy atom. The summed E-state index contributed by atoms with van der Waals surface area (Å²) in [6.07, 6.45) is 0. The number of hydrogen-bond donors (Lipinski definition) is 1. The number of esters is 1. The highest BCUT2D eigenvalue weighted by Crippen LogP contribution is 2.24. The van der Waals surface area contributed by atoms with Gasteiger partial charge in [-0.3, -0.25) is 9.10 Å². The molecule has 0 radical (unpaired) electrons. The van der Waals surface area contributed by atoms with Crippen LogP contribution in [0.5, 0.6) is 0 Å². The van der Waals surface area contributed by atoms with E-state index in [0.717, 1.165) is 4.31 Å². The standard InChI is InChI=1S/C16H18N2O4S/c1-2-22-16(19)12-18(14-10-8-13(17)9-11-14)23(20,21)15-6-4-3-5-7-15/h3-11H,2,12,17H2,1H3. The Labute approximate surface area is 135 Å². The maximum Gasteiger partial charge on any atom is 0.326 e. The van der Waals surface area contributed by atoms with E-state index in [2.05, 4.69) is 0 Å². The highest BCUT2D eigenvalue weighted by Gasteiger charge is 2.27. The number of ether oxygens (including phenoxy) is 1. The summed E-state index contributed by atoms with van der Waals surface area (Å²) in [5.74, 6) is -0.621. The van der Waals surface area contributed by atoms with Crippen molar-refractivity contribution in [3.05, 3.63) is 54.6 Å². The van der Waals surface area contributed by atoms with Crippen molar-refractivity contribution < 1.29 is 17.9 Å². The predicted octanol–water partition coefficient (Wildman–Crippen LogP) is 2.03. The number of nitrogens with zero attached hydrogens (tertiary/aromatic N) is 1. The van der Waals surface area contributed by atoms with Crippen LogP contribution in [0.4, 0.5) is 11.4 Å². The molecule has 0 aliphatic heterocycles. The van der Waals surface area contributed by atoms with Crippen LogP contribution in [0.3, 0.4) is 0 Å². The molecule has 0 amide bonds. The van der Waals surface area contributed by atoms with Gasteiger partial charge in [-0.25, -0.2) is 8.42 Å². The van der Waals surface area contributed by atoms with Gasteiger partial charge in [0.2, 0.25) is 0 Å². The summed E-state index contributed by atoms with van der Waals surface area (Å²) in [5, 5.41) is 0. The van der Waals surface area contributed by atoms with Gasteiger partial charge in [0.25, 0.3) is 10.0 Å². The average Bonchev–Trinajstić information content (AvgIpc) is 2.55. The van der Waals surface area contributed by atoms with E-state index in [-0.39, 0.29) is 11.5 Å². The van der Waals surface area contributed by atoms with Gasteiger partial charge in [0.05, 0.1) is 17.2 Å². The monoisotopic (exact) mass is 334 g/mol. The number of rotatable bonds is 6. The van der Waals surface area contributed by atoms with Crippen LogP contribution in [0.2, 0.25) is 0 Å². The Morgan fingerprint density at radius 3 is 2.26 bits per heavy atom. The molecule has 2 aromatic rings. The Bertz CT molecular complexity index is 758. The van der Waals surface area contributed by atoms with E-state index in [1.165, 1.54) is 12.1 Å². The number of carbonyl (C=O) groups excluding carboxylic acids is 1. The Hall–Kier alpha value is -2.54. The van der Waals surface area contributed by atoms with Crippen LogP contribution >= 0.6 is 0 Å². The number of sulfonamides is 1. The topological polar surface area (TPSA) is 89.7 Å². The lowest BCUT2D eigenvalue weighted by atomic mass is 10.3. The number of hydrogen-bond acceptors (Lipinski definition) is 5. The molecule has 0 fully saturated rings. The van der Waals surface area contributed by atoms with Crippen molar-refractivity contribution in [1.82, 2.24) is 0 Å². The number of anilines is 2. The molecule has 0 bridgehead atoms. The fourth-order valence-corrected chi connectivity index (χ4v) is 3.43. The minimum Gasteiger partial charge on any atom is -0.465 e. The van der Waals surface area contributed by atoms with Gasteiger partial charge in [-0.05, 0) is 43.3 Å². The van der Waals surface area contributed by atoms with Crippen LogP contribution in [-0.2, 0) is 19.6 Å². The fraction of sp³-hybridized carbons (Fsp3) is 0.188. The second-order valence-corrected chi connectivity index (χ2v) is 6.58. The normalized spacial score (nSPS) is 11.0. The molecular weight excluding hydrogens is 316 g/mol.